The van der Waals surface area contributed by atoms with Crippen LogP contribution in [0.5, 0.6) is 0 Å². The summed E-state index contributed by atoms with van der Waals surface area (Å²) in [6, 6.07) is 13.8. The number of fused-ring (bicyclic) bond motifs is 2. The molecule has 0 radical (unpaired) electrons. The molecule has 0 spiro atoms. The van der Waals surface area contributed by atoms with Crippen molar-refractivity contribution < 1.29 is 14.3 Å². The van der Waals surface area contributed by atoms with Gasteiger partial charge in [-0.15, -0.1) is 0 Å². The molecule has 1 aliphatic rings. The highest BCUT2D eigenvalue weighted by molar-refractivity contribution is 6.00. The Bertz CT molecular complexity index is 1070. The SMILES string of the molecule is COCC(=O)Nc1ccc2c(c1C)NC(=O)CC2c1cccc2ncccc12. The van der Waals surface area contributed by atoms with Crippen LogP contribution in [0.25, 0.3) is 10.9 Å². The molecule has 4 rings (SSSR count). The number of methoxy groups -OCH3 is 1. The van der Waals surface area contributed by atoms with Gasteiger partial charge in [-0.25, -0.2) is 0 Å². The fourth-order valence-corrected chi connectivity index (χ4v) is 3.84. The van der Waals surface area contributed by atoms with E-state index in [-0.39, 0.29) is 24.3 Å². The van der Waals surface area contributed by atoms with E-state index in [9.17, 15) is 9.59 Å². The molecule has 0 aliphatic carbocycles. The maximum atomic E-state index is 12.5. The molecule has 2 aromatic carbocycles. The van der Waals surface area contributed by atoms with Crippen molar-refractivity contribution in [2.75, 3.05) is 24.4 Å². The van der Waals surface area contributed by atoms with E-state index >= 15 is 0 Å². The molecule has 142 valence electrons. The average Bonchev–Trinajstić information content (AvgIpc) is 2.70. The zero-order valence-electron chi connectivity index (χ0n) is 15.8. The molecule has 1 atom stereocenters. The van der Waals surface area contributed by atoms with Crippen LogP contribution in [0.15, 0.2) is 48.7 Å². The molecule has 0 bridgehead atoms. The number of hydrogen-bond acceptors (Lipinski definition) is 4. The van der Waals surface area contributed by atoms with Crippen LogP contribution < -0.4 is 10.6 Å². The van der Waals surface area contributed by atoms with Crippen LogP contribution in [0.2, 0.25) is 0 Å². The number of nitrogens with one attached hydrogen (secondary N) is 2. The van der Waals surface area contributed by atoms with Gasteiger partial charge in [0.2, 0.25) is 11.8 Å². The van der Waals surface area contributed by atoms with E-state index in [0.717, 1.165) is 33.3 Å². The van der Waals surface area contributed by atoms with E-state index in [1.165, 1.54) is 7.11 Å². The summed E-state index contributed by atoms with van der Waals surface area (Å²) >= 11 is 0. The number of pyridine rings is 1. The summed E-state index contributed by atoms with van der Waals surface area (Å²) in [5.74, 6) is -0.342. The molecular formula is C22H21N3O3. The molecule has 1 unspecified atom stereocenters. The number of carbonyl (C=O) groups is 2. The van der Waals surface area contributed by atoms with Gasteiger partial charge in [-0.2, -0.15) is 0 Å². The monoisotopic (exact) mass is 375 g/mol. The molecule has 1 aromatic heterocycles. The first kappa shape index (κ1) is 18.1. The van der Waals surface area contributed by atoms with Gasteiger partial charge in [-0.3, -0.25) is 14.6 Å². The Morgan fingerprint density at radius 1 is 1.21 bits per heavy atom. The number of carbonyl (C=O) groups excluding carboxylic acids is 2. The smallest absolute Gasteiger partial charge is 0.250 e. The van der Waals surface area contributed by atoms with E-state index in [4.69, 9.17) is 4.74 Å². The molecule has 2 amide bonds. The molecule has 2 N–H and O–H groups in total. The summed E-state index contributed by atoms with van der Waals surface area (Å²) in [5.41, 5.74) is 5.29. The zero-order chi connectivity index (χ0) is 19.7. The molecule has 1 aliphatic heterocycles. The predicted molar refractivity (Wildman–Crippen MR) is 109 cm³/mol. The minimum absolute atomic E-state index is 0.0193. The lowest BCUT2D eigenvalue weighted by Crippen LogP contribution is -2.25. The fourth-order valence-electron chi connectivity index (χ4n) is 3.84. The van der Waals surface area contributed by atoms with Crippen LogP contribution in [0, 0.1) is 6.92 Å². The van der Waals surface area contributed by atoms with E-state index in [1.54, 1.807) is 6.20 Å². The van der Waals surface area contributed by atoms with Gasteiger partial charge in [0, 0.05) is 42.4 Å². The molecule has 6 heteroatoms. The molecule has 6 nitrogen and oxygen atoms in total. The number of nitrogens with zero attached hydrogens (tertiary/aromatic N) is 1. The van der Waals surface area contributed by atoms with Gasteiger partial charge in [-0.1, -0.05) is 24.3 Å². The van der Waals surface area contributed by atoms with Crippen molar-refractivity contribution in [1.29, 1.82) is 0 Å². The number of anilines is 2. The third-order valence-corrected chi connectivity index (χ3v) is 5.13. The molecule has 0 saturated heterocycles. The highest BCUT2D eigenvalue weighted by Crippen LogP contribution is 2.42. The Kier molecular flexibility index (Phi) is 4.79. The van der Waals surface area contributed by atoms with Crippen LogP contribution >= 0.6 is 0 Å². The molecule has 2 heterocycles. The summed E-state index contributed by atoms with van der Waals surface area (Å²) in [4.78, 5) is 28.8. The second-order valence-electron chi connectivity index (χ2n) is 6.91. The Hall–Kier alpha value is -3.25. The minimum Gasteiger partial charge on any atom is -0.375 e. The van der Waals surface area contributed by atoms with E-state index in [2.05, 4.69) is 21.7 Å². The third-order valence-electron chi connectivity index (χ3n) is 5.13. The lowest BCUT2D eigenvalue weighted by atomic mass is 9.82. The largest absolute Gasteiger partial charge is 0.375 e. The van der Waals surface area contributed by atoms with Crippen molar-refractivity contribution in [3.8, 4) is 0 Å². The number of rotatable bonds is 4. The molecular weight excluding hydrogens is 354 g/mol. The Labute approximate surface area is 162 Å². The Morgan fingerprint density at radius 2 is 2.07 bits per heavy atom. The van der Waals surface area contributed by atoms with Gasteiger partial charge < -0.3 is 15.4 Å². The highest BCUT2D eigenvalue weighted by atomic mass is 16.5. The van der Waals surface area contributed by atoms with Gasteiger partial charge >= 0.3 is 0 Å². The summed E-state index contributed by atoms with van der Waals surface area (Å²) in [7, 11) is 1.48. The number of hydrogen-bond donors (Lipinski definition) is 2. The number of aromatic nitrogens is 1. The van der Waals surface area contributed by atoms with Crippen LogP contribution in [0.1, 0.15) is 29.0 Å². The van der Waals surface area contributed by atoms with Crippen molar-refractivity contribution in [2.45, 2.75) is 19.3 Å². The van der Waals surface area contributed by atoms with Crippen molar-refractivity contribution in [1.82, 2.24) is 4.98 Å². The second-order valence-corrected chi connectivity index (χ2v) is 6.91. The fraction of sp³-hybridized carbons (Fsp3) is 0.227. The van der Waals surface area contributed by atoms with Gasteiger partial charge in [0.25, 0.3) is 0 Å². The van der Waals surface area contributed by atoms with E-state index < -0.39 is 0 Å². The predicted octanol–water partition coefficient (Wildman–Crippen LogP) is 3.60. The molecule has 3 aromatic rings. The van der Waals surface area contributed by atoms with Gasteiger partial charge in [0.15, 0.2) is 0 Å². The van der Waals surface area contributed by atoms with Crippen molar-refractivity contribution >= 4 is 34.1 Å². The summed E-state index contributed by atoms with van der Waals surface area (Å²) in [6.07, 6.45) is 2.14. The maximum absolute atomic E-state index is 12.5. The number of benzene rings is 2. The Morgan fingerprint density at radius 3 is 2.89 bits per heavy atom. The summed E-state index contributed by atoms with van der Waals surface area (Å²) < 4.78 is 4.87. The van der Waals surface area contributed by atoms with Gasteiger partial charge in [-0.05, 0) is 41.8 Å². The first-order chi connectivity index (χ1) is 13.6. The zero-order valence-corrected chi connectivity index (χ0v) is 15.8. The third kappa shape index (κ3) is 3.23. The highest BCUT2D eigenvalue weighted by Gasteiger charge is 2.29. The average molecular weight is 375 g/mol. The van der Waals surface area contributed by atoms with Crippen molar-refractivity contribution in [3.63, 3.8) is 0 Å². The first-order valence-electron chi connectivity index (χ1n) is 9.14. The lowest BCUT2D eigenvalue weighted by molar-refractivity contribution is -0.119. The normalized spacial score (nSPS) is 15.8. The second kappa shape index (κ2) is 7.40. The summed E-state index contributed by atoms with van der Waals surface area (Å²) in [6.45, 7) is 1.88. The summed E-state index contributed by atoms with van der Waals surface area (Å²) in [5, 5.41) is 6.87. The van der Waals surface area contributed by atoms with Crippen LogP contribution in [-0.2, 0) is 14.3 Å². The standard InChI is InChI=1S/C22H21N3O3/c1-13-18(24-21(27)12-28-2)9-8-16-17(11-20(26)25-22(13)16)14-5-3-7-19-15(14)6-4-10-23-19/h3-10,17H,11-12H2,1-2H3,(H,24,27)(H,25,26). The maximum Gasteiger partial charge on any atom is 0.250 e. The van der Waals surface area contributed by atoms with Crippen molar-refractivity contribution in [3.05, 3.63) is 65.4 Å². The van der Waals surface area contributed by atoms with E-state index in [1.807, 2.05) is 43.3 Å². The van der Waals surface area contributed by atoms with Crippen LogP contribution in [-0.4, -0.2) is 30.5 Å². The molecule has 28 heavy (non-hydrogen) atoms. The first-order valence-corrected chi connectivity index (χ1v) is 9.14. The van der Waals surface area contributed by atoms with Crippen molar-refractivity contribution in [2.24, 2.45) is 0 Å². The Balaban J connectivity index is 1.80. The molecule has 0 fully saturated rings. The van der Waals surface area contributed by atoms with E-state index in [0.29, 0.717) is 12.1 Å². The van der Waals surface area contributed by atoms with Gasteiger partial charge in [0.1, 0.15) is 6.61 Å². The minimum atomic E-state index is -0.232. The quantitative estimate of drug-likeness (QED) is 0.730. The molecule has 0 saturated carbocycles. The lowest BCUT2D eigenvalue weighted by Gasteiger charge is -2.29. The van der Waals surface area contributed by atoms with Gasteiger partial charge in [0.05, 0.1) is 5.52 Å². The van der Waals surface area contributed by atoms with Crippen LogP contribution in [0.3, 0.4) is 0 Å². The number of ether oxygens (including phenoxy) is 1. The number of amides is 2. The van der Waals surface area contributed by atoms with Crippen LogP contribution in [0.4, 0.5) is 11.4 Å². The topological polar surface area (TPSA) is 80.3 Å².